The summed E-state index contributed by atoms with van der Waals surface area (Å²) in [5.74, 6) is 0.0333. The van der Waals surface area contributed by atoms with Crippen molar-refractivity contribution in [3.63, 3.8) is 0 Å². The second-order valence-corrected chi connectivity index (χ2v) is 7.51. The summed E-state index contributed by atoms with van der Waals surface area (Å²) >= 11 is 6.20. The van der Waals surface area contributed by atoms with Crippen LogP contribution < -0.4 is 10.6 Å². The third-order valence-corrected chi connectivity index (χ3v) is 5.52. The summed E-state index contributed by atoms with van der Waals surface area (Å²) in [7, 11) is 0. The Morgan fingerprint density at radius 3 is 2.86 bits per heavy atom. The van der Waals surface area contributed by atoms with Crippen LogP contribution in [0.5, 0.6) is 0 Å². The number of carbonyl (C=O) groups is 1. The second-order valence-electron chi connectivity index (χ2n) is 7.07. The molecule has 0 bridgehead atoms. The second kappa shape index (κ2) is 6.87. The molecule has 1 unspecified atom stereocenters. The number of amides is 1. The molecule has 2 aromatic heterocycles. The zero-order valence-electron chi connectivity index (χ0n) is 15.1. The highest BCUT2D eigenvalue weighted by Crippen LogP contribution is 2.41. The third-order valence-electron chi connectivity index (χ3n) is 5.28. The molecule has 3 heterocycles. The number of aromatic nitrogens is 3. The fourth-order valence-electron chi connectivity index (χ4n) is 3.96. The highest BCUT2D eigenvalue weighted by Gasteiger charge is 2.36. The van der Waals surface area contributed by atoms with Gasteiger partial charge < -0.3 is 10.6 Å². The van der Waals surface area contributed by atoms with E-state index >= 15 is 0 Å². The van der Waals surface area contributed by atoms with Crippen LogP contribution in [0.1, 0.15) is 40.4 Å². The monoisotopic (exact) mass is 391 g/mol. The molecular weight excluding hydrogens is 374 g/mol. The van der Waals surface area contributed by atoms with Crippen LogP contribution in [-0.4, -0.2) is 20.9 Å². The van der Waals surface area contributed by atoms with Gasteiger partial charge in [0.2, 0.25) is 11.9 Å². The molecule has 5 rings (SSSR count). The number of nitrogens with one attached hydrogen (secondary N) is 2. The van der Waals surface area contributed by atoms with E-state index in [0.717, 1.165) is 53.0 Å². The summed E-state index contributed by atoms with van der Waals surface area (Å²) in [6, 6.07) is 9.38. The molecule has 0 spiro atoms. The molecule has 6 nitrogen and oxygen atoms in total. The summed E-state index contributed by atoms with van der Waals surface area (Å²) in [5.41, 5.74) is 5.70. The minimum Gasteiger partial charge on any atom is -0.350 e. The van der Waals surface area contributed by atoms with E-state index in [1.165, 1.54) is 0 Å². The van der Waals surface area contributed by atoms with Crippen LogP contribution in [0.25, 0.3) is 0 Å². The number of anilines is 2. The molecule has 2 aliphatic rings. The molecular formula is C21H18ClN5O. The van der Waals surface area contributed by atoms with Crippen molar-refractivity contribution < 1.29 is 4.79 Å². The average molecular weight is 392 g/mol. The predicted molar refractivity (Wildman–Crippen MR) is 108 cm³/mol. The number of rotatable bonds is 4. The van der Waals surface area contributed by atoms with Gasteiger partial charge in [-0.15, -0.1) is 0 Å². The van der Waals surface area contributed by atoms with Gasteiger partial charge in [-0.05, 0) is 66.3 Å². The summed E-state index contributed by atoms with van der Waals surface area (Å²) in [6.45, 7) is 0.597. The molecule has 1 aliphatic heterocycles. The molecule has 0 fully saturated rings. The van der Waals surface area contributed by atoms with Gasteiger partial charge in [0.1, 0.15) is 5.92 Å². The first-order valence-electron chi connectivity index (χ1n) is 9.32. The van der Waals surface area contributed by atoms with Gasteiger partial charge in [0.25, 0.3) is 0 Å². The number of nitrogens with zero attached hydrogens (tertiary/aromatic N) is 3. The topological polar surface area (TPSA) is 79.8 Å². The normalized spacial score (nSPS) is 17.2. The van der Waals surface area contributed by atoms with E-state index in [-0.39, 0.29) is 5.91 Å². The summed E-state index contributed by atoms with van der Waals surface area (Å²) in [6.07, 6.45) is 6.35. The van der Waals surface area contributed by atoms with E-state index in [9.17, 15) is 4.79 Å². The zero-order chi connectivity index (χ0) is 19.1. The van der Waals surface area contributed by atoms with Crippen molar-refractivity contribution in [2.24, 2.45) is 0 Å². The first-order chi connectivity index (χ1) is 13.7. The van der Waals surface area contributed by atoms with Crippen LogP contribution in [0, 0.1) is 0 Å². The number of pyridine rings is 1. The fourth-order valence-corrected chi connectivity index (χ4v) is 4.15. The summed E-state index contributed by atoms with van der Waals surface area (Å²) in [4.78, 5) is 26.3. The number of hydrogen-bond acceptors (Lipinski definition) is 5. The van der Waals surface area contributed by atoms with E-state index in [2.05, 4.69) is 15.6 Å². The Balaban J connectivity index is 1.54. The predicted octanol–water partition coefficient (Wildman–Crippen LogP) is 3.71. The number of benzene rings is 1. The van der Waals surface area contributed by atoms with Crippen molar-refractivity contribution in [3.8, 4) is 0 Å². The van der Waals surface area contributed by atoms with Crippen molar-refractivity contribution in [3.05, 3.63) is 75.8 Å². The van der Waals surface area contributed by atoms with Gasteiger partial charge in [0.05, 0.1) is 5.69 Å². The van der Waals surface area contributed by atoms with Crippen LogP contribution in [0.15, 0.2) is 42.7 Å². The molecule has 2 N–H and O–H groups in total. The molecule has 0 radical (unpaired) electrons. The Morgan fingerprint density at radius 2 is 2.00 bits per heavy atom. The van der Waals surface area contributed by atoms with Crippen LogP contribution in [0.4, 0.5) is 11.6 Å². The number of hydrogen-bond donors (Lipinski definition) is 2. The maximum absolute atomic E-state index is 12.8. The first kappa shape index (κ1) is 17.1. The lowest BCUT2D eigenvalue weighted by molar-refractivity contribution is -0.116. The lowest BCUT2D eigenvalue weighted by Gasteiger charge is -2.15. The zero-order valence-corrected chi connectivity index (χ0v) is 15.8. The van der Waals surface area contributed by atoms with Gasteiger partial charge in [-0.3, -0.25) is 9.78 Å². The van der Waals surface area contributed by atoms with Gasteiger partial charge in [-0.25, -0.2) is 9.97 Å². The van der Waals surface area contributed by atoms with E-state index in [0.29, 0.717) is 17.5 Å². The smallest absolute Gasteiger partial charge is 0.238 e. The number of carbonyl (C=O) groups excluding carboxylic acids is 1. The van der Waals surface area contributed by atoms with Crippen LogP contribution in [0.2, 0.25) is 5.02 Å². The van der Waals surface area contributed by atoms with E-state index in [1.54, 1.807) is 18.5 Å². The van der Waals surface area contributed by atoms with Crippen LogP contribution in [-0.2, 0) is 24.2 Å². The fraction of sp³-hybridized carbons (Fsp3) is 0.238. The number of aryl methyl sites for hydroxylation is 1. The molecule has 3 aromatic rings. The molecule has 140 valence electrons. The maximum Gasteiger partial charge on any atom is 0.238 e. The van der Waals surface area contributed by atoms with E-state index < -0.39 is 5.92 Å². The Bertz CT molecular complexity index is 1070. The summed E-state index contributed by atoms with van der Waals surface area (Å²) in [5, 5.41) is 6.87. The molecule has 1 aromatic carbocycles. The Hall–Kier alpha value is -2.99. The lowest BCUT2D eigenvalue weighted by Crippen LogP contribution is -2.18. The van der Waals surface area contributed by atoms with E-state index in [1.807, 2.05) is 24.3 Å². The molecule has 0 saturated carbocycles. The molecule has 1 aliphatic carbocycles. The van der Waals surface area contributed by atoms with Gasteiger partial charge in [-0.2, -0.15) is 0 Å². The molecule has 7 heteroatoms. The van der Waals surface area contributed by atoms with E-state index in [4.69, 9.17) is 21.6 Å². The third kappa shape index (κ3) is 2.99. The Morgan fingerprint density at radius 1 is 1.14 bits per heavy atom. The van der Waals surface area contributed by atoms with Gasteiger partial charge >= 0.3 is 0 Å². The Labute approximate surface area is 167 Å². The van der Waals surface area contributed by atoms with Crippen molar-refractivity contribution in [1.82, 2.24) is 15.0 Å². The first-order valence-corrected chi connectivity index (χ1v) is 9.69. The Kier molecular flexibility index (Phi) is 4.20. The van der Waals surface area contributed by atoms with Gasteiger partial charge in [0.15, 0.2) is 0 Å². The highest BCUT2D eigenvalue weighted by atomic mass is 35.5. The number of halogens is 1. The standard InChI is InChI=1S/C21H18ClN5O/c22-13-4-5-17-15(10-13)18(20(28)25-17)19-14-2-1-3-16(14)26-21(27-19)24-11-12-6-8-23-9-7-12/h4-10,18H,1-3,11H2,(H,25,28)(H,24,26,27). The van der Waals surface area contributed by atoms with Gasteiger partial charge in [-0.1, -0.05) is 11.6 Å². The highest BCUT2D eigenvalue weighted by molar-refractivity contribution is 6.31. The SMILES string of the molecule is O=C1Nc2ccc(Cl)cc2C1c1nc(NCc2ccncc2)nc2c1CCC2. The minimum absolute atomic E-state index is 0.0647. The number of fused-ring (bicyclic) bond motifs is 2. The quantitative estimate of drug-likeness (QED) is 0.708. The van der Waals surface area contributed by atoms with Crippen LogP contribution in [0.3, 0.4) is 0 Å². The average Bonchev–Trinajstić information content (AvgIpc) is 3.30. The molecule has 28 heavy (non-hydrogen) atoms. The van der Waals surface area contributed by atoms with Crippen molar-refractivity contribution in [2.45, 2.75) is 31.7 Å². The van der Waals surface area contributed by atoms with Crippen molar-refractivity contribution >= 4 is 29.1 Å². The molecule has 1 atom stereocenters. The molecule has 0 saturated heterocycles. The maximum atomic E-state index is 12.8. The summed E-state index contributed by atoms with van der Waals surface area (Å²) < 4.78 is 0. The minimum atomic E-state index is -0.454. The lowest BCUT2D eigenvalue weighted by atomic mass is 9.93. The van der Waals surface area contributed by atoms with Crippen molar-refractivity contribution in [1.29, 1.82) is 0 Å². The molecule has 1 amide bonds. The van der Waals surface area contributed by atoms with Gasteiger partial charge in [0, 0.05) is 35.3 Å². The largest absolute Gasteiger partial charge is 0.350 e. The van der Waals surface area contributed by atoms with Crippen LogP contribution >= 0.6 is 11.6 Å². The van der Waals surface area contributed by atoms with Crippen molar-refractivity contribution in [2.75, 3.05) is 10.6 Å².